The van der Waals surface area contributed by atoms with E-state index >= 15 is 0 Å². The molecule has 0 radical (unpaired) electrons. The normalized spacial score (nSPS) is 18.3. The molecule has 0 bridgehead atoms. The number of hydrogen-bond donors (Lipinski definition) is 1. The van der Waals surface area contributed by atoms with E-state index in [-0.39, 0.29) is 17.5 Å². The van der Waals surface area contributed by atoms with Crippen molar-refractivity contribution in [3.8, 4) is 0 Å². The largest absolute Gasteiger partial charge is 0.381 e. The maximum atomic E-state index is 13.4. The van der Waals surface area contributed by atoms with Gasteiger partial charge in [0.05, 0.1) is 11.8 Å². The summed E-state index contributed by atoms with van der Waals surface area (Å²) >= 11 is 0. The Morgan fingerprint density at radius 2 is 2.28 bits per heavy atom. The molecular weight excluding hydrogens is 235 g/mol. The molecule has 1 saturated heterocycles. The standard InChI is InChI=1S/C13H17FN2O2/c1-9(10-3-6-18-7-4-10)16-13(17)11-2-5-15-8-12(11)14/h2,5,8-10H,3-4,6-7H2,1H3,(H,16,17). The van der Waals surface area contributed by atoms with Crippen molar-refractivity contribution >= 4 is 5.91 Å². The lowest BCUT2D eigenvalue weighted by molar-refractivity contribution is 0.0537. The van der Waals surface area contributed by atoms with E-state index in [1.807, 2.05) is 6.92 Å². The number of pyridine rings is 1. The molecule has 2 heterocycles. The van der Waals surface area contributed by atoms with Crippen LogP contribution in [0.15, 0.2) is 18.5 Å². The van der Waals surface area contributed by atoms with Gasteiger partial charge in [0.15, 0.2) is 5.82 Å². The fourth-order valence-corrected chi connectivity index (χ4v) is 2.18. The van der Waals surface area contributed by atoms with Gasteiger partial charge < -0.3 is 10.1 Å². The molecule has 18 heavy (non-hydrogen) atoms. The second kappa shape index (κ2) is 5.91. The van der Waals surface area contributed by atoms with Crippen molar-refractivity contribution in [2.45, 2.75) is 25.8 Å². The lowest BCUT2D eigenvalue weighted by Gasteiger charge is -2.28. The molecule has 0 saturated carbocycles. The maximum Gasteiger partial charge on any atom is 0.254 e. The highest BCUT2D eigenvalue weighted by molar-refractivity contribution is 5.94. The Morgan fingerprint density at radius 1 is 1.56 bits per heavy atom. The number of rotatable bonds is 3. The van der Waals surface area contributed by atoms with Crippen LogP contribution in [0.1, 0.15) is 30.1 Å². The Bertz CT molecular complexity index is 419. The SMILES string of the molecule is CC(NC(=O)c1ccncc1F)C1CCOCC1. The van der Waals surface area contributed by atoms with Gasteiger partial charge in [0.1, 0.15) is 0 Å². The fourth-order valence-electron chi connectivity index (χ4n) is 2.18. The first-order valence-corrected chi connectivity index (χ1v) is 6.16. The lowest BCUT2D eigenvalue weighted by Crippen LogP contribution is -2.40. The summed E-state index contributed by atoms with van der Waals surface area (Å²) in [5.41, 5.74) is 0.0453. The number of aromatic nitrogens is 1. The summed E-state index contributed by atoms with van der Waals surface area (Å²) in [6.45, 7) is 3.41. The molecule has 1 aliphatic rings. The van der Waals surface area contributed by atoms with E-state index in [1.54, 1.807) is 0 Å². The number of ether oxygens (including phenoxy) is 1. The minimum atomic E-state index is -0.589. The molecule has 1 unspecified atom stereocenters. The molecule has 0 aromatic carbocycles. The van der Waals surface area contributed by atoms with Crippen molar-refractivity contribution in [1.82, 2.24) is 10.3 Å². The first kappa shape index (κ1) is 13.0. The minimum Gasteiger partial charge on any atom is -0.381 e. The third-order valence-electron chi connectivity index (χ3n) is 3.35. The van der Waals surface area contributed by atoms with Crippen LogP contribution in [0.4, 0.5) is 4.39 Å². The van der Waals surface area contributed by atoms with Crippen LogP contribution < -0.4 is 5.32 Å². The van der Waals surface area contributed by atoms with Gasteiger partial charge in [-0.05, 0) is 31.7 Å². The highest BCUT2D eigenvalue weighted by Gasteiger charge is 2.23. The Labute approximate surface area is 106 Å². The molecule has 1 aliphatic heterocycles. The molecule has 5 heteroatoms. The van der Waals surface area contributed by atoms with Gasteiger partial charge in [-0.3, -0.25) is 9.78 Å². The Balaban J connectivity index is 1.96. The molecule has 1 fully saturated rings. The Hall–Kier alpha value is -1.49. The van der Waals surface area contributed by atoms with Crippen molar-refractivity contribution in [3.63, 3.8) is 0 Å². The molecule has 1 aromatic heterocycles. The van der Waals surface area contributed by atoms with E-state index in [2.05, 4.69) is 10.3 Å². The van der Waals surface area contributed by atoms with Gasteiger partial charge in [0, 0.05) is 25.5 Å². The van der Waals surface area contributed by atoms with Crippen LogP contribution in [-0.2, 0) is 4.74 Å². The van der Waals surface area contributed by atoms with Crippen LogP contribution in [-0.4, -0.2) is 30.1 Å². The highest BCUT2D eigenvalue weighted by Crippen LogP contribution is 2.19. The third-order valence-corrected chi connectivity index (χ3v) is 3.35. The number of hydrogen-bond acceptors (Lipinski definition) is 3. The maximum absolute atomic E-state index is 13.4. The summed E-state index contributed by atoms with van der Waals surface area (Å²) < 4.78 is 18.7. The van der Waals surface area contributed by atoms with Gasteiger partial charge in [0.2, 0.25) is 0 Å². The van der Waals surface area contributed by atoms with Gasteiger partial charge in [-0.25, -0.2) is 4.39 Å². The van der Waals surface area contributed by atoms with Crippen LogP contribution in [0.2, 0.25) is 0 Å². The molecule has 4 nitrogen and oxygen atoms in total. The van der Waals surface area contributed by atoms with Crippen LogP contribution >= 0.6 is 0 Å². The Morgan fingerprint density at radius 3 is 2.94 bits per heavy atom. The van der Waals surface area contributed by atoms with Gasteiger partial charge >= 0.3 is 0 Å². The number of halogens is 1. The molecule has 0 aliphatic carbocycles. The van der Waals surface area contributed by atoms with Crippen molar-refractivity contribution in [3.05, 3.63) is 29.8 Å². The second-order valence-electron chi connectivity index (χ2n) is 4.57. The number of carbonyl (C=O) groups is 1. The van der Waals surface area contributed by atoms with Crippen molar-refractivity contribution in [2.75, 3.05) is 13.2 Å². The van der Waals surface area contributed by atoms with Gasteiger partial charge in [-0.2, -0.15) is 0 Å². The van der Waals surface area contributed by atoms with Crippen molar-refractivity contribution < 1.29 is 13.9 Å². The number of nitrogens with zero attached hydrogens (tertiary/aromatic N) is 1. The van der Waals surface area contributed by atoms with Gasteiger partial charge in [-0.1, -0.05) is 0 Å². The zero-order valence-corrected chi connectivity index (χ0v) is 10.4. The van der Waals surface area contributed by atoms with Crippen LogP contribution in [0.5, 0.6) is 0 Å². The monoisotopic (exact) mass is 252 g/mol. The van der Waals surface area contributed by atoms with Crippen LogP contribution in [0, 0.1) is 11.7 Å². The van der Waals surface area contributed by atoms with E-state index in [0.717, 1.165) is 32.3 Å². The van der Waals surface area contributed by atoms with Gasteiger partial charge in [-0.15, -0.1) is 0 Å². The van der Waals surface area contributed by atoms with Gasteiger partial charge in [0.25, 0.3) is 5.91 Å². The highest BCUT2D eigenvalue weighted by atomic mass is 19.1. The first-order chi connectivity index (χ1) is 8.68. The predicted molar refractivity (Wildman–Crippen MR) is 64.7 cm³/mol. The van der Waals surface area contributed by atoms with E-state index in [9.17, 15) is 9.18 Å². The van der Waals surface area contributed by atoms with E-state index < -0.39 is 5.82 Å². The van der Waals surface area contributed by atoms with Crippen LogP contribution in [0.3, 0.4) is 0 Å². The van der Waals surface area contributed by atoms with E-state index in [0.29, 0.717) is 5.92 Å². The first-order valence-electron chi connectivity index (χ1n) is 6.16. The average Bonchev–Trinajstić information content (AvgIpc) is 2.40. The zero-order valence-electron chi connectivity index (χ0n) is 10.4. The predicted octanol–water partition coefficient (Wildman–Crippen LogP) is 1.77. The Kier molecular flexibility index (Phi) is 4.25. The molecule has 1 N–H and O–H groups in total. The van der Waals surface area contributed by atoms with E-state index in [1.165, 1.54) is 12.3 Å². The molecule has 1 atom stereocenters. The van der Waals surface area contributed by atoms with Crippen molar-refractivity contribution in [1.29, 1.82) is 0 Å². The number of amides is 1. The molecule has 98 valence electrons. The minimum absolute atomic E-state index is 0.0222. The lowest BCUT2D eigenvalue weighted by atomic mass is 9.93. The van der Waals surface area contributed by atoms with Crippen molar-refractivity contribution in [2.24, 2.45) is 5.92 Å². The van der Waals surface area contributed by atoms with Crippen LogP contribution in [0.25, 0.3) is 0 Å². The summed E-state index contributed by atoms with van der Waals surface area (Å²) in [6.07, 6.45) is 4.33. The molecular formula is C13H17FN2O2. The summed E-state index contributed by atoms with van der Waals surface area (Å²) in [5, 5.41) is 2.84. The topological polar surface area (TPSA) is 51.2 Å². The quantitative estimate of drug-likeness (QED) is 0.892. The summed E-state index contributed by atoms with van der Waals surface area (Å²) in [5.74, 6) is -0.573. The fraction of sp³-hybridized carbons (Fsp3) is 0.538. The molecule has 2 rings (SSSR count). The zero-order chi connectivity index (χ0) is 13.0. The third kappa shape index (κ3) is 3.04. The summed E-state index contributed by atoms with van der Waals surface area (Å²) in [6, 6.07) is 1.41. The second-order valence-corrected chi connectivity index (χ2v) is 4.57. The molecule has 1 amide bonds. The summed E-state index contributed by atoms with van der Waals surface area (Å²) in [7, 11) is 0. The number of carbonyl (C=O) groups excluding carboxylic acids is 1. The number of nitrogens with one attached hydrogen (secondary N) is 1. The molecule has 0 spiro atoms. The molecule has 1 aromatic rings. The summed E-state index contributed by atoms with van der Waals surface area (Å²) in [4.78, 5) is 15.5. The van der Waals surface area contributed by atoms with E-state index in [4.69, 9.17) is 4.74 Å². The smallest absolute Gasteiger partial charge is 0.254 e. The average molecular weight is 252 g/mol.